The average molecular weight is 293 g/mol. The fourth-order valence-corrected chi connectivity index (χ4v) is 5.06. The van der Waals surface area contributed by atoms with Gasteiger partial charge in [0.1, 0.15) is 0 Å². The molecule has 0 aromatic carbocycles. The molecule has 0 radical (unpaired) electrons. The van der Waals surface area contributed by atoms with Crippen LogP contribution >= 0.6 is 0 Å². The number of rotatable bonds is 5. The van der Waals surface area contributed by atoms with Gasteiger partial charge in [0.2, 0.25) is 0 Å². The van der Waals surface area contributed by atoms with Gasteiger partial charge < -0.3 is 10.6 Å². The van der Waals surface area contributed by atoms with Crippen molar-refractivity contribution in [3.05, 3.63) is 0 Å². The Morgan fingerprint density at radius 3 is 2.33 bits per heavy atom. The van der Waals surface area contributed by atoms with Crippen LogP contribution in [0.4, 0.5) is 0 Å². The lowest BCUT2D eigenvalue weighted by Crippen LogP contribution is -2.58. The lowest BCUT2D eigenvalue weighted by molar-refractivity contribution is 0.00395. The third-order valence-electron chi connectivity index (χ3n) is 6.44. The Kier molecular flexibility index (Phi) is 4.92. The molecule has 2 atom stereocenters. The highest BCUT2D eigenvalue weighted by Crippen LogP contribution is 2.48. The third-order valence-corrected chi connectivity index (χ3v) is 6.44. The van der Waals surface area contributed by atoms with E-state index in [-0.39, 0.29) is 0 Å². The highest BCUT2D eigenvalue weighted by atomic mass is 15.2. The molecule has 3 heteroatoms. The van der Waals surface area contributed by atoms with E-state index in [4.69, 9.17) is 5.73 Å². The molecule has 3 aliphatic rings. The van der Waals surface area contributed by atoms with Crippen LogP contribution in [0.1, 0.15) is 51.4 Å². The number of likely N-dealkylation sites (tertiary alicyclic amines) is 1. The van der Waals surface area contributed by atoms with E-state index < -0.39 is 0 Å². The standard InChI is InChI=1S/C18H35N3/c1-20(2)13-15-7-10-21(11-8-15)18(14-19)9-3-4-17(12-18)16-5-6-16/h15-17H,3-14,19H2,1-2H3. The Morgan fingerprint density at radius 1 is 1.05 bits per heavy atom. The van der Waals surface area contributed by atoms with Gasteiger partial charge in [0.15, 0.2) is 0 Å². The van der Waals surface area contributed by atoms with Crippen LogP contribution in [-0.2, 0) is 0 Å². The summed E-state index contributed by atoms with van der Waals surface area (Å²) in [5.41, 5.74) is 6.67. The Balaban J connectivity index is 1.58. The molecule has 0 amide bonds. The first kappa shape index (κ1) is 15.8. The zero-order valence-corrected chi connectivity index (χ0v) is 14.2. The second-order valence-electron chi connectivity index (χ2n) is 8.31. The number of nitrogens with zero attached hydrogens (tertiary/aromatic N) is 2. The van der Waals surface area contributed by atoms with Gasteiger partial charge in [-0.05, 0) is 83.5 Å². The molecule has 1 saturated heterocycles. The van der Waals surface area contributed by atoms with E-state index >= 15 is 0 Å². The van der Waals surface area contributed by atoms with E-state index in [1.807, 2.05) is 0 Å². The smallest absolute Gasteiger partial charge is 0.0334 e. The van der Waals surface area contributed by atoms with Crippen molar-refractivity contribution in [2.24, 2.45) is 23.5 Å². The summed E-state index contributed by atoms with van der Waals surface area (Å²) in [6.45, 7) is 4.71. The van der Waals surface area contributed by atoms with Crippen LogP contribution in [0.15, 0.2) is 0 Å². The first-order valence-electron chi connectivity index (χ1n) is 9.23. The molecule has 0 aromatic rings. The predicted octanol–water partition coefficient (Wildman–Crippen LogP) is 2.56. The molecule has 3 nitrogen and oxygen atoms in total. The first-order chi connectivity index (χ1) is 10.1. The summed E-state index contributed by atoms with van der Waals surface area (Å²) < 4.78 is 0. The average Bonchev–Trinajstić information content (AvgIpc) is 3.32. The van der Waals surface area contributed by atoms with E-state index in [1.165, 1.54) is 71.0 Å². The van der Waals surface area contributed by atoms with Crippen LogP contribution in [-0.4, -0.2) is 55.6 Å². The fourth-order valence-electron chi connectivity index (χ4n) is 5.06. The van der Waals surface area contributed by atoms with E-state index in [0.29, 0.717) is 5.54 Å². The maximum absolute atomic E-state index is 6.32. The molecule has 0 aromatic heterocycles. The van der Waals surface area contributed by atoms with Crippen LogP contribution < -0.4 is 5.73 Å². The Labute approximate surface area is 131 Å². The molecule has 2 unspecified atom stereocenters. The summed E-state index contributed by atoms with van der Waals surface area (Å²) in [6, 6.07) is 0. The zero-order chi connectivity index (χ0) is 14.9. The van der Waals surface area contributed by atoms with E-state index in [9.17, 15) is 0 Å². The predicted molar refractivity (Wildman–Crippen MR) is 89.3 cm³/mol. The van der Waals surface area contributed by atoms with Crippen molar-refractivity contribution in [3.8, 4) is 0 Å². The number of hydrogen-bond donors (Lipinski definition) is 1. The molecule has 3 fully saturated rings. The van der Waals surface area contributed by atoms with Crippen molar-refractivity contribution in [1.29, 1.82) is 0 Å². The molecule has 2 N–H and O–H groups in total. The molecule has 2 saturated carbocycles. The molecule has 2 aliphatic carbocycles. The van der Waals surface area contributed by atoms with Crippen molar-refractivity contribution in [1.82, 2.24) is 9.80 Å². The summed E-state index contributed by atoms with van der Waals surface area (Å²) in [5, 5.41) is 0. The van der Waals surface area contributed by atoms with Crippen LogP contribution in [0, 0.1) is 17.8 Å². The van der Waals surface area contributed by atoms with Crippen molar-refractivity contribution < 1.29 is 0 Å². The minimum atomic E-state index is 0.356. The van der Waals surface area contributed by atoms with E-state index in [2.05, 4.69) is 23.9 Å². The van der Waals surface area contributed by atoms with Gasteiger partial charge in [0.25, 0.3) is 0 Å². The number of nitrogens with two attached hydrogens (primary N) is 1. The van der Waals surface area contributed by atoms with Gasteiger partial charge in [-0.1, -0.05) is 12.8 Å². The van der Waals surface area contributed by atoms with Crippen molar-refractivity contribution in [3.63, 3.8) is 0 Å². The van der Waals surface area contributed by atoms with Gasteiger partial charge in [0.05, 0.1) is 0 Å². The Morgan fingerprint density at radius 2 is 1.76 bits per heavy atom. The van der Waals surface area contributed by atoms with Crippen molar-refractivity contribution in [2.75, 3.05) is 40.3 Å². The quantitative estimate of drug-likeness (QED) is 0.845. The van der Waals surface area contributed by atoms with Gasteiger partial charge in [-0.15, -0.1) is 0 Å². The highest BCUT2D eigenvalue weighted by molar-refractivity contribution is 5.00. The van der Waals surface area contributed by atoms with Crippen LogP contribution in [0.2, 0.25) is 0 Å². The van der Waals surface area contributed by atoms with E-state index in [0.717, 1.165) is 24.3 Å². The van der Waals surface area contributed by atoms with Gasteiger partial charge in [0, 0.05) is 18.6 Å². The molecular formula is C18H35N3. The molecule has 0 spiro atoms. The second kappa shape index (κ2) is 6.55. The molecule has 0 bridgehead atoms. The highest BCUT2D eigenvalue weighted by Gasteiger charge is 2.45. The summed E-state index contributed by atoms with van der Waals surface area (Å²) in [7, 11) is 4.41. The van der Waals surface area contributed by atoms with Gasteiger partial charge in [-0.2, -0.15) is 0 Å². The number of hydrogen-bond acceptors (Lipinski definition) is 3. The summed E-state index contributed by atoms with van der Waals surface area (Å²) in [6.07, 6.45) is 11.4. The topological polar surface area (TPSA) is 32.5 Å². The van der Waals surface area contributed by atoms with Crippen molar-refractivity contribution in [2.45, 2.75) is 56.9 Å². The number of piperidine rings is 1. The van der Waals surface area contributed by atoms with E-state index in [1.54, 1.807) is 0 Å². The molecule has 3 rings (SSSR count). The lowest BCUT2D eigenvalue weighted by atomic mass is 9.72. The molecular weight excluding hydrogens is 258 g/mol. The minimum absolute atomic E-state index is 0.356. The molecule has 1 aliphatic heterocycles. The maximum Gasteiger partial charge on any atom is 0.0334 e. The largest absolute Gasteiger partial charge is 0.329 e. The normalized spacial score (nSPS) is 36.3. The van der Waals surface area contributed by atoms with Crippen molar-refractivity contribution >= 4 is 0 Å². The fraction of sp³-hybridized carbons (Fsp3) is 1.00. The summed E-state index contributed by atoms with van der Waals surface area (Å²) >= 11 is 0. The van der Waals surface area contributed by atoms with Gasteiger partial charge in [-0.25, -0.2) is 0 Å². The third kappa shape index (κ3) is 3.62. The lowest BCUT2D eigenvalue weighted by Gasteiger charge is -2.51. The minimum Gasteiger partial charge on any atom is -0.329 e. The SMILES string of the molecule is CN(C)CC1CCN(C2(CN)CCCC(C3CC3)C2)CC1. The van der Waals surface area contributed by atoms with Crippen LogP contribution in [0.25, 0.3) is 0 Å². The first-order valence-corrected chi connectivity index (χ1v) is 9.23. The zero-order valence-electron chi connectivity index (χ0n) is 14.2. The molecule has 1 heterocycles. The van der Waals surface area contributed by atoms with Gasteiger partial charge in [-0.3, -0.25) is 4.90 Å². The monoisotopic (exact) mass is 293 g/mol. The maximum atomic E-state index is 6.32. The molecule has 21 heavy (non-hydrogen) atoms. The molecule has 122 valence electrons. The second-order valence-corrected chi connectivity index (χ2v) is 8.31. The summed E-state index contributed by atoms with van der Waals surface area (Å²) in [5.74, 6) is 2.94. The van der Waals surface area contributed by atoms with Gasteiger partial charge >= 0.3 is 0 Å². The summed E-state index contributed by atoms with van der Waals surface area (Å²) in [4.78, 5) is 5.15. The van der Waals surface area contributed by atoms with Crippen LogP contribution in [0.5, 0.6) is 0 Å². The Bertz CT molecular complexity index is 331. The Hall–Kier alpha value is -0.120. The van der Waals surface area contributed by atoms with Crippen LogP contribution in [0.3, 0.4) is 0 Å².